The number of allylic oxidation sites excluding steroid dienone is 6. The maximum absolute atomic E-state index is 4.15. The number of benzene rings is 1. The zero-order chi connectivity index (χ0) is 15.4. The molecule has 0 unspecified atom stereocenters. The van der Waals surface area contributed by atoms with E-state index in [1.165, 1.54) is 33.4 Å². The molecule has 0 N–H and O–H groups in total. The highest BCUT2D eigenvalue weighted by Gasteiger charge is 2.13. The predicted molar refractivity (Wildman–Crippen MR) is 91.9 cm³/mol. The molecule has 0 amide bonds. The van der Waals surface area contributed by atoms with E-state index in [2.05, 4.69) is 72.1 Å². The fraction of sp³-hybridized carbons (Fsp3) is 0.300. The molecule has 20 heavy (non-hydrogen) atoms. The van der Waals surface area contributed by atoms with E-state index < -0.39 is 0 Å². The number of aryl methyl sites for hydroxylation is 1. The van der Waals surface area contributed by atoms with E-state index in [0.29, 0.717) is 0 Å². The summed E-state index contributed by atoms with van der Waals surface area (Å²) in [5, 5.41) is 0. The van der Waals surface area contributed by atoms with E-state index in [1.807, 2.05) is 6.92 Å². The van der Waals surface area contributed by atoms with Crippen LogP contribution in [0.15, 0.2) is 59.7 Å². The fourth-order valence-electron chi connectivity index (χ4n) is 2.36. The lowest BCUT2D eigenvalue weighted by Gasteiger charge is -2.19. The van der Waals surface area contributed by atoms with Crippen LogP contribution in [0.2, 0.25) is 0 Å². The van der Waals surface area contributed by atoms with Crippen LogP contribution in [0, 0.1) is 13.8 Å². The first kappa shape index (κ1) is 16.2. The van der Waals surface area contributed by atoms with Gasteiger partial charge in [-0.2, -0.15) is 0 Å². The minimum Gasteiger partial charge on any atom is -0.0961 e. The molecule has 0 heterocycles. The molecule has 0 heteroatoms. The van der Waals surface area contributed by atoms with Crippen molar-refractivity contribution in [3.8, 4) is 0 Å². The Labute approximate surface area is 124 Å². The van der Waals surface area contributed by atoms with Gasteiger partial charge in [0.05, 0.1) is 0 Å². The molecule has 0 bridgehead atoms. The van der Waals surface area contributed by atoms with Gasteiger partial charge in [0.2, 0.25) is 0 Å². The van der Waals surface area contributed by atoms with Gasteiger partial charge in [0.25, 0.3) is 0 Å². The summed E-state index contributed by atoms with van der Waals surface area (Å²) < 4.78 is 0. The summed E-state index contributed by atoms with van der Waals surface area (Å²) in [5.74, 6) is 0. The first-order chi connectivity index (χ1) is 9.25. The smallest absolute Gasteiger partial charge is 0.0120 e. The molecule has 0 fully saturated rings. The van der Waals surface area contributed by atoms with Crippen LogP contribution in [0.5, 0.6) is 0 Å². The second-order valence-corrected chi connectivity index (χ2v) is 5.81. The molecule has 1 aromatic rings. The second kappa shape index (κ2) is 6.56. The Kier molecular flexibility index (Phi) is 5.33. The normalized spacial score (nSPS) is 11.2. The van der Waals surface area contributed by atoms with Crippen molar-refractivity contribution in [3.63, 3.8) is 0 Å². The molecule has 0 radical (unpaired) electrons. The highest BCUT2D eigenvalue weighted by atomic mass is 14.2. The molecule has 0 aromatic heterocycles. The maximum atomic E-state index is 4.15. The van der Waals surface area contributed by atoms with Crippen molar-refractivity contribution < 1.29 is 0 Å². The Morgan fingerprint density at radius 2 is 1.60 bits per heavy atom. The summed E-state index contributed by atoms with van der Waals surface area (Å²) in [6, 6.07) is 6.47. The SMILES string of the molecule is C=C(C)/C=C(/C(=C)C)C(=C(C)C)c1cccc(C)c1C. The van der Waals surface area contributed by atoms with Gasteiger partial charge in [-0.3, -0.25) is 0 Å². The summed E-state index contributed by atoms with van der Waals surface area (Å²) >= 11 is 0. The van der Waals surface area contributed by atoms with Gasteiger partial charge >= 0.3 is 0 Å². The molecule has 0 saturated heterocycles. The average molecular weight is 266 g/mol. The van der Waals surface area contributed by atoms with Gasteiger partial charge in [-0.1, -0.05) is 54.2 Å². The lowest BCUT2D eigenvalue weighted by atomic mass is 9.86. The standard InChI is InChI=1S/C20H26/c1-13(2)12-19(14(3)4)20(15(5)6)18-11-9-10-16(7)17(18)8/h9-12H,1,3H2,2,4-8H3/b19-12-. The van der Waals surface area contributed by atoms with E-state index >= 15 is 0 Å². The molecule has 0 nitrogen and oxygen atoms in total. The molecule has 106 valence electrons. The molecule has 0 aliphatic rings. The minimum absolute atomic E-state index is 1.05. The summed E-state index contributed by atoms with van der Waals surface area (Å²) in [6.45, 7) is 20.9. The Morgan fingerprint density at radius 1 is 1.00 bits per heavy atom. The Hall–Kier alpha value is -1.82. The van der Waals surface area contributed by atoms with Crippen LogP contribution in [0.1, 0.15) is 44.4 Å². The van der Waals surface area contributed by atoms with Crippen LogP contribution >= 0.6 is 0 Å². The van der Waals surface area contributed by atoms with Crippen LogP contribution in [0.25, 0.3) is 5.57 Å². The van der Waals surface area contributed by atoms with Crippen LogP contribution in [0.3, 0.4) is 0 Å². The van der Waals surface area contributed by atoms with E-state index in [-0.39, 0.29) is 0 Å². The Balaban J connectivity index is 3.63. The number of hydrogen-bond donors (Lipinski definition) is 0. The molecular formula is C20H26. The van der Waals surface area contributed by atoms with Crippen LogP contribution < -0.4 is 0 Å². The summed E-state index contributed by atoms with van der Waals surface area (Å²) in [6.07, 6.45) is 2.13. The predicted octanol–water partition coefficient (Wildman–Crippen LogP) is 6.18. The first-order valence-electron chi connectivity index (χ1n) is 7.03. The Bertz CT molecular complexity index is 603. The molecule has 1 aromatic carbocycles. The third-order valence-corrected chi connectivity index (χ3v) is 3.49. The van der Waals surface area contributed by atoms with Crippen molar-refractivity contribution in [2.75, 3.05) is 0 Å². The zero-order valence-corrected chi connectivity index (χ0v) is 13.7. The average Bonchev–Trinajstić information content (AvgIpc) is 2.32. The van der Waals surface area contributed by atoms with Gasteiger partial charge < -0.3 is 0 Å². The molecule has 0 atom stereocenters. The van der Waals surface area contributed by atoms with E-state index in [1.54, 1.807) is 0 Å². The molecular weight excluding hydrogens is 240 g/mol. The third-order valence-electron chi connectivity index (χ3n) is 3.49. The van der Waals surface area contributed by atoms with Gasteiger partial charge in [0.1, 0.15) is 0 Å². The molecule has 1 rings (SSSR count). The van der Waals surface area contributed by atoms with E-state index in [0.717, 1.165) is 11.1 Å². The monoisotopic (exact) mass is 266 g/mol. The van der Waals surface area contributed by atoms with Crippen molar-refractivity contribution in [1.82, 2.24) is 0 Å². The zero-order valence-electron chi connectivity index (χ0n) is 13.7. The number of hydrogen-bond acceptors (Lipinski definition) is 0. The van der Waals surface area contributed by atoms with Gasteiger partial charge in [0, 0.05) is 0 Å². The van der Waals surface area contributed by atoms with Gasteiger partial charge in [0.15, 0.2) is 0 Å². The first-order valence-corrected chi connectivity index (χ1v) is 7.03. The highest BCUT2D eigenvalue weighted by Crippen LogP contribution is 2.34. The van der Waals surface area contributed by atoms with Crippen molar-refractivity contribution in [2.45, 2.75) is 41.5 Å². The largest absolute Gasteiger partial charge is 0.0961 e. The topological polar surface area (TPSA) is 0 Å². The third kappa shape index (κ3) is 3.60. The van der Waals surface area contributed by atoms with Crippen molar-refractivity contribution in [1.29, 1.82) is 0 Å². The lowest BCUT2D eigenvalue weighted by Crippen LogP contribution is -1.98. The molecule has 0 saturated carbocycles. The quantitative estimate of drug-likeness (QED) is 0.571. The minimum atomic E-state index is 1.05. The maximum Gasteiger partial charge on any atom is -0.0120 e. The fourth-order valence-corrected chi connectivity index (χ4v) is 2.36. The second-order valence-electron chi connectivity index (χ2n) is 5.81. The van der Waals surface area contributed by atoms with Gasteiger partial charge in [-0.05, 0) is 69.4 Å². The van der Waals surface area contributed by atoms with Crippen molar-refractivity contribution >= 4 is 5.57 Å². The van der Waals surface area contributed by atoms with Crippen LogP contribution in [0.4, 0.5) is 0 Å². The van der Waals surface area contributed by atoms with Gasteiger partial charge in [-0.25, -0.2) is 0 Å². The molecule has 0 aliphatic heterocycles. The lowest BCUT2D eigenvalue weighted by molar-refractivity contribution is 1.27. The number of rotatable bonds is 4. The van der Waals surface area contributed by atoms with Crippen molar-refractivity contribution in [2.24, 2.45) is 0 Å². The summed E-state index contributed by atoms with van der Waals surface area (Å²) in [4.78, 5) is 0. The van der Waals surface area contributed by atoms with Gasteiger partial charge in [-0.15, -0.1) is 0 Å². The highest BCUT2D eigenvalue weighted by molar-refractivity contribution is 5.87. The Morgan fingerprint density at radius 3 is 2.05 bits per heavy atom. The van der Waals surface area contributed by atoms with Crippen LogP contribution in [-0.4, -0.2) is 0 Å². The van der Waals surface area contributed by atoms with E-state index in [4.69, 9.17) is 0 Å². The van der Waals surface area contributed by atoms with E-state index in [9.17, 15) is 0 Å². The molecule has 0 aliphatic carbocycles. The van der Waals surface area contributed by atoms with Crippen molar-refractivity contribution in [3.05, 3.63) is 76.4 Å². The van der Waals surface area contributed by atoms with Crippen LogP contribution in [-0.2, 0) is 0 Å². The summed E-state index contributed by atoms with van der Waals surface area (Å²) in [5.41, 5.74) is 9.83. The molecule has 0 spiro atoms. The summed E-state index contributed by atoms with van der Waals surface area (Å²) in [7, 11) is 0.